The van der Waals surface area contributed by atoms with E-state index in [0.717, 1.165) is 62.9 Å². The van der Waals surface area contributed by atoms with Crippen molar-refractivity contribution < 1.29 is 72.0 Å². The predicted octanol–water partition coefficient (Wildman–Crippen LogP) is 10.5. The number of hydrogen-bond acceptors (Lipinski definition) is 7. The van der Waals surface area contributed by atoms with E-state index in [1.807, 2.05) is 59.9 Å². The summed E-state index contributed by atoms with van der Waals surface area (Å²) in [4.78, 5) is 36.3. The maximum Gasteiger partial charge on any atom is 1.00 e. The fraction of sp³-hybridized carbons (Fsp3) is 0.625. The van der Waals surface area contributed by atoms with Crippen LogP contribution in [0.5, 0.6) is 5.75 Å². The third kappa shape index (κ3) is 27.5. The number of rotatable bonds is 20. The molecule has 0 saturated carbocycles. The number of nitrogens with zero attached hydrogens (tertiary/aromatic N) is 1. The molecule has 0 bridgehead atoms. The Kier molecular flexibility index (Phi) is 35.3. The van der Waals surface area contributed by atoms with E-state index in [-0.39, 0.29) is 81.2 Å². The van der Waals surface area contributed by atoms with E-state index in [4.69, 9.17) is 9.47 Å². The Morgan fingerprint density at radius 2 is 1.56 bits per heavy atom. The molecule has 298 valence electrons. The Morgan fingerprint density at radius 3 is 2.06 bits per heavy atom. The first kappa shape index (κ1) is 55.2. The van der Waals surface area contributed by atoms with Gasteiger partial charge in [-0.15, -0.1) is 18.3 Å². The third-order valence-corrected chi connectivity index (χ3v) is 10.4. The average molecular weight is 1030 g/mol. The van der Waals surface area contributed by atoms with Gasteiger partial charge in [0.1, 0.15) is 11.4 Å². The first-order chi connectivity index (χ1) is 23.8. The number of carbonyl (C=O) groups is 3. The van der Waals surface area contributed by atoms with E-state index >= 15 is 0 Å². The number of thioether (sulfide) groups is 2. The minimum atomic E-state index is -0.519. The molecule has 52 heavy (non-hydrogen) atoms. The van der Waals surface area contributed by atoms with Crippen LogP contribution in [0.15, 0.2) is 54.6 Å². The van der Waals surface area contributed by atoms with E-state index in [9.17, 15) is 14.4 Å². The summed E-state index contributed by atoms with van der Waals surface area (Å²) in [5.41, 5.74) is 1.49. The summed E-state index contributed by atoms with van der Waals surface area (Å²) < 4.78 is 10.6. The van der Waals surface area contributed by atoms with Crippen molar-refractivity contribution in [2.75, 3.05) is 26.0 Å². The molecule has 0 fully saturated rings. The smallest absolute Gasteiger partial charge is 0.665 e. The molecule has 2 rings (SSSR count). The molecule has 0 aliphatic carbocycles. The maximum atomic E-state index is 13.5. The van der Waals surface area contributed by atoms with Crippen molar-refractivity contribution in [3.05, 3.63) is 65.5 Å². The zero-order valence-corrected chi connectivity index (χ0v) is 40.2. The van der Waals surface area contributed by atoms with Crippen LogP contribution in [0, 0.1) is 37.0 Å². The molecule has 2 aromatic rings. The normalized spacial score (nSPS) is 12.8. The van der Waals surface area contributed by atoms with Crippen LogP contribution in [0.2, 0.25) is 0 Å². The molecule has 0 aliphatic heterocycles. The number of hydrogen-bond donors (Lipinski definition) is 2. The van der Waals surface area contributed by atoms with Crippen molar-refractivity contribution >= 4 is 46.8 Å². The molecule has 2 amide bonds. The fourth-order valence-corrected chi connectivity index (χ4v) is 7.96. The minimum Gasteiger partial charge on any atom is -0.665 e. The molecule has 0 saturated heterocycles. The molecule has 0 heterocycles. The van der Waals surface area contributed by atoms with E-state index in [1.54, 1.807) is 43.1 Å². The summed E-state index contributed by atoms with van der Waals surface area (Å²) in [5, 5.41) is 9.87. The van der Waals surface area contributed by atoms with Crippen molar-refractivity contribution in [2.45, 2.75) is 135 Å². The number of unbranched alkanes of at least 4 members (excludes halogenated alkanes) is 1. The van der Waals surface area contributed by atoms with Crippen molar-refractivity contribution in [2.24, 2.45) is 5.92 Å². The van der Waals surface area contributed by atoms with Gasteiger partial charge in [0.15, 0.2) is 0 Å². The maximum absolute atomic E-state index is 13.5. The molecule has 4 atom stereocenters. The summed E-state index contributed by atoms with van der Waals surface area (Å²) in [5.74, 6) is 1.42. The molecule has 2 aromatic carbocycles. The SMILES string of the molecule is CC.CCC(S[C@H](CCc1ccccc1)C(=O)N[C@H](C)CC(C)C)C(CCCC[N-]C)SC(=O)OC(C)(C)C.COc1ccc(NC=O)cc1.[Cu+].[U]. The Labute approximate surface area is 359 Å². The largest absolute Gasteiger partial charge is 1.00 e. The zero-order chi connectivity index (χ0) is 38.0. The molecule has 2 N–H and O–H groups in total. The van der Waals surface area contributed by atoms with Crippen LogP contribution in [0.4, 0.5) is 10.5 Å². The van der Waals surface area contributed by atoms with Crippen LogP contribution in [0.1, 0.15) is 106 Å². The first-order valence-corrected chi connectivity index (χ1v) is 19.9. The van der Waals surface area contributed by atoms with Gasteiger partial charge in [-0.05, 0) is 107 Å². The third-order valence-electron chi connectivity index (χ3n) is 7.27. The molecule has 0 aliphatic rings. The van der Waals surface area contributed by atoms with Crippen LogP contribution in [-0.4, -0.2) is 65.7 Å². The van der Waals surface area contributed by atoms with Crippen LogP contribution >= 0.6 is 23.5 Å². The van der Waals surface area contributed by atoms with Gasteiger partial charge in [0, 0.05) is 53.3 Å². The Balaban J connectivity index is -0.00000135. The molecule has 0 radical (unpaired) electrons. The Hall–Kier alpha value is -1.12. The predicted molar refractivity (Wildman–Crippen MR) is 217 cm³/mol. The number of anilines is 1. The summed E-state index contributed by atoms with van der Waals surface area (Å²) in [6, 6.07) is 17.6. The van der Waals surface area contributed by atoms with Gasteiger partial charge in [-0.2, -0.15) is 7.05 Å². The zero-order valence-electron chi connectivity index (χ0n) is 33.4. The number of benzene rings is 2. The molecule has 0 spiro atoms. The summed E-state index contributed by atoms with van der Waals surface area (Å²) >= 11 is 3.05. The minimum absolute atomic E-state index is 0. The number of carbonyl (C=O) groups excluding carboxylic acids is 3. The topological polar surface area (TPSA) is 108 Å². The Bertz CT molecular complexity index is 1170. The average Bonchev–Trinajstić information content (AvgIpc) is 3.07. The van der Waals surface area contributed by atoms with E-state index in [1.165, 1.54) is 17.3 Å². The van der Waals surface area contributed by atoms with Gasteiger partial charge >= 0.3 is 22.4 Å². The number of aryl methyl sites for hydroxylation is 1. The Morgan fingerprint density at radius 1 is 0.942 bits per heavy atom. The van der Waals surface area contributed by atoms with E-state index < -0.39 is 5.60 Å². The number of nitrogens with one attached hydrogen (secondary N) is 2. The summed E-state index contributed by atoms with van der Waals surface area (Å²) in [7, 11) is 3.44. The van der Waals surface area contributed by atoms with Gasteiger partial charge in [-0.1, -0.05) is 77.8 Å². The van der Waals surface area contributed by atoms with E-state index in [0.29, 0.717) is 12.3 Å². The van der Waals surface area contributed by atoms with Crippen molar-refractivity contribution in [1.82, 2.24) is 5.32 Å². The van der Waals surface area contributed by atoms with Gasteiger partial charge in [0.2, 0.25) is 12.3 Å². The molecule has 8 nitrogen and oxygen atoms in total. The molecule has 0 aromatic heterocycles. The van der Waals surface area contributed by atoms with Crippen molar-refractivity contribution in [3.8, 4) is 5.75 Å². The summed E-state index contributed by atoms with van der Waals surface area (Å²) in [6.07, 6.45) is 7.02. The summed E-state index contributed by atoms with van der Waals surface area (Å²) in [6.45, 7) is 19.2. The first-order valence-electron chi connectivity index (χ1n) is 18.1. The standard InChI is InChI=1S/C30H51N2O3S2.C8H9NO2.C2H6.Cu.U/c1-9-25(26(17-13-14-20-31-8)37-29(34)35-30(5,6)7)36-27(19-18-24-15-11-10-12-16-24)28(33)32-23(4)21-22(2)3;1-11-8-4-2-7(3-5-8)9-6-10;1-2;;/h10-12,15-16,22-23,25-27H,9,13-14,17-21H2,1-8H3,(H,32,33);2-6H,1H3,(H,9,10);1-2H3;;/q-1;;;+1;/t23-,25?,26?,27-;;;;/m1..../s1. The second-order valence-electron chi connectivity index (χ2n) is 13.3. The van der Waals surface area contributed by atoms with E-state index in [2.05, 4.69) is 55.8 Å². The van der Waals surface area contributed by atoms with Gasteiger partial charge in [-0.3, -0.25) is 9.59 Å². The number of ether oxygens (including phenoxy) is 2. The van der Waals surface area contributed by atoms with Crippen molar-refractivity contribution in [1.29, 1.82) is 0 Å². The van der Waals surface area contributed by atoms with Crippen LogP contribution in [-0.2, 0) is 37.8 Å². The number of methoxy groups -OCH3 is 1. The monoisotopic (exact) mass is 1030 g/mol. The molecule has 2 unspecified atom stereocenters. The van der Waals surface area contributed by atoms with Gasteiger partial charge in [-0.25, -0.2) is 4.79 Å². The van der Waals surface area contributed by atoms with Gasteiger partial charge in [0.05, 0.1) is 12.4 Å². The van der Waals surface area contributed by atoms with Crippen LogP contribution in [0.3, 0.4) is 0 Å². The van der Waals surface area contributed by atoms with Crippen LogP contribution < -0.4 is 15.4 Å². The number of amides is 2. The molecule has 12 heteroatoms. The van der Waals surface area contributed by atoms with Gasteiger partial charge < -0.3 is 25.4 Å². The van der Waals surface area contributed by atoms with Crippen LogP contribution in [0.25, 0.3) is 5.32 Å². The second kappa shape index (κ2) is 33.2. The molecular weight excluding hydrogens is 968 g/mol. The fourth-order valence-electron chi connectivity index (χ4n) is 5.05. The molecular formula is C40H66CuN3O5S2U. The second-order valence-corrected chi connectivity index (χ2v) is 15.9. The van der Waals surface area contributed by atoms with Gasteiger partial charge in [0.25, 0.3) is 0 Å². The quantitative estimate of drug-likeness (QED) is 0.0589. The van der Waals surface area contributed by atoms with Crippen molar-refractivity contribution in [3.63, 3.8) is 0 Å².